The second-order valence-corrected chi connectivity index (χ2v) is 8.65. The molecule has 3 aromatic rings. The van der Waals surface area contributed by atoms with Gasteiger partial charge in [-0.1, -0.05) is 35.5 Å². The van der Waals surface area contributed by atoms with E-state index in [-0.39, 0.29) is 11.7 Å². The van der Waals surface area contributed by atoms with Gasteiger partial charge in [-0.3, -0.25) is 4.79 Å². The molecule has 1 amide bonds. The first kappa shape index (κ1) is 22.9. The van der Waals surface area contributed by atoms with Gasteiger partial charge >= 0.3 is 5.97 Å². The van der Waals surface area contributed by atoms with E-state index in [1.54, 1.807) is 36.0 Å². The monoisotopic (exact) mass is 456 g/mol. The van der Waals surface area contributed by atoms with Crippen LogP contribution < -0.4 is 5.32 Å². The average molecular weight is 457 g/mol. The number of anilines is 1. The van der Waals surface area contributed by atoms with Crippen molar-refractivity contribution in [1.82, 2.24) is 14.8 Å². The molecular weight excluding hydrogens is 432 g/mol. The molecule has 0 saturated carbocycles. The Kier molecular flexibility index (Phi) is 8.13. The molecule has 2 aromatic carbocycles. The number of nitrogens with zero attached hydrogens (tertiary/aromatic N) is 3. The predicted octanol–water partition coefficient (Wildman–Crippen LogP) is 4.42. The van der Waals surface area contributed by atoms with E-state index in [0.717, 1.165) is 12.4 Å². The summed E-state index contributed by atoms with van der Waals surface area (Å²) in [6.07, 6.45) is 0. The summed E-state index contributed by atoms with van der Waals surface area (Å²) in [5.74, 6) is 1.13. The molecule has 162 valence electrons. The molecule has 0 aliphatic carbocycles. The lowest BCUT2D eigenvalue weighted by atomic mass is 10.2. The first-order chi connectivity index (χ1) is 15.0. The highest BCUT2D eigenvalue weighted by Crippen LogP contribution is 2.25. The van der Waals surface area contributed by atoms with Gasteiger partial charge in [0.1, 0.15) is 5.82 Å². The van der Waals surface area contributed by atoms with Crippen LogP contribution in [0.15, 0.2) is 58.6 Å². The molecule has 3 rings (SSSR count). The van der Waals surface area contributed by atoms with E-state index in [0.29, 0.717) is 22.2 Å². The Labute approximate surface area is 190 Å². The standard InChI is InChI=1S/C22H24N4O3S2/c1-4-26-19(13-30-18-10-8-15(2)9-11-18)24-25-22(26)31-14-20(27)23-17-7-5-6-16(12-17)21(28)29-3/h5-12H,4,13-14H2,1-3H3,(H,23,27). The van der Waals surface area contributed by atoms with Gasteiger partial charge in [-0.25, -0.2) is 4.79 Å². The quantitative estimate of drug-likeness (QED) is 0.377. The van der Waals surface area contributed by atoms with Crippen LogP contribution in [0.5, 0.6) is 0 Å². The Bertz CT molecular complexity index is 1050. The lowest BCUT2D eigenvalue weighted by Crippen LogP contribution is -2.15. The van der Waals surface area contributed by atoms with Crippen molar-refractivity contribution in [3.63, 3.8) is 0 Å². The summed E-state index contributed by atoms with van der Waals surface area (Å²) in [6.45, 7) is 4.82. The fourth-order valence-electron chi connectivity index (χ4n) is 2.80. The van der Waals surface area contributed by atoms with Crippen molar-refractivity contribution in [1.29, 1.82) is 0 Å². The summed E-state index contributed by atoms with van der Waals surface area (Å²) in [5.41, 5.74) is 2.16. The summed E-state index contributed by atoms with van der Waals surface area (Å²) in [6, 6.07) is 15.0. The molecule has 0 bridgehead atoms. The molecule has 31 heavy (non-hydrogen) atoms. The zero-order valence-electron chi connectivity index (χ0n) is 17.6. The zero-order chi connectivity index (χ0) is 22.2. The molecule has 7 nitrogen and oxygen atoms in total. The van der Waals surface area contributed by atoms with Crippen LogP contribution in [0.25, 0.3) is 0 Å². The van der Waals surface area contributed by atoms with Crippen LogP contribution in [0.3, 0.4) is 0 Å². The number of amides is 1. The maximum absolute atomic E-state index is 12.4. The van der Waals surface area contributed by atoms with Gasteiger partial charge in [-0.2, -0.15) is 0 Å². The van der Waals surface area contributed by atoms with Crippen molar-refractivity contribution in [2.45, 2.75) is 36.2 Å². The number of rotatable bonds is 9. The number of thioether (sulfide) groups is 2. The van der Waals surface area contributed by atoms with Gasteiger partial charge in [0, 0.05) is 17.1 Å². The molecular formula is C22H24N4O3S2. The third-order valence-electron chi connectivity index (χ3n) is 4.40. The van der Waals surface area contributed by atoms with Crippen molar-refractivity contribution >= 4 is 41.1 Å². The third-order valence-corrected chi connectivity index (χ3v) is 6.37. The van der Waals surface area contributed by atoms with Gasteiger partial charge in [-0.15, -0.1) is 22.0 Å². The smallest absolute Gasteiger partial charge is 0.337 e. The first-order valence-electron chi connectivity index (χ1n) is 9.72. The molecule has 9 heteroatoms. The van der Waals surface area contributed by atoms with Crippen LogP contribution in [0.1, 0.15) is 28.7 Å². The van der Waals surface area contributed by atoms with E-state index >= 15 is 0 Å². The fraction of sp³-hybridized carbons (Fsp3) is 0.273. The van der Waals surface area contributed by atoms with Gasteiger partial charge in [-0.05, 0) is 44.2 Å². The Morgan fingerprint density at radius 1 is 1.10 bits per heavy atom. The third kappa shape index (κ3) is 6.35. The lowest BCUT2D eigenvalue weighted by Gasteiger charge is -2.08. The molecule has 0 spiro atoms. The highest BCUT2D eigenvalue weighted by atomic mass is 32.2. The van der Waals surface area contributed by atoms with Crippen molar-refractivity contribution in [2.24, 2.45) is 0 Å². The SMILES string of the molecule is CCn1c(CSc2ccc(C)cc2)nnc1SCC(=O)Nc1cccc(C(=O)OC)c1. The minimum absolute atomic E-state index is 0.186. The average Bonchev–Trinajstić information content (AvgIpc) is 3.18. The normalized spacial score (nSPS) is 10.7. The van der Waals surface area contributed by atoms with Crippen LogP contribution in [0, 0.1) is 6.92 Å². The molecule has 0 atom stereocenters. The largest absolute Gasteiger partial charge is 0.465 e. The number of benzene rings is 2. The second-order valence-electron chi connectivity index (χ2n) is 6.65. The van der Waals surface area contributed by atoms with Crippen molar-refractivity contribution < 1.29 is 14.3 Å². The zero-order valence-corrected chi connectivity index (χ0v) is 19.3. The second kappa shape index (κ2) is 11.0. The topological polar surface area (TPSA) is 86.1 Å². The number of aryl methyl sites for hydroxylation is 1. The van der Waals surface area contributed by atoms with Crippen molar-refractivity contribution in [3.05, 3.63) is 65.5 Å². The summed E-state index contributed by atoms with van der Waals surface area (Å²) >= 11 is 3.04. The van der Waals surface area contributed by atoms with E-state index in [4.69, 9.17) is 4.74 Å². The fourth-order valence-corrected chi connectivity index (χ4v) is 4.46. The molecule has 1 aromatic heterocycles. The van der Waals surface area contributed by atoms with E-state index < -0.39 is 5.97 Å². The van der Waals surface area contributed by atoms with Gasteiger partial charge in [0.25, 0.3) is 0 Å². The maximum atomic E-state index is 12.4. The Balaban J connectivity index is 1.57. The first-order valence-corrected chi connectivity index (χ1v) is 11.7. The van der Waals surface area contributed by atoms with Crippen molar-refractivity contribution in [2.75, 3.05) is 18.2 Å². The van der Waals surface area contributed by atoms with Gasteiger partial charge in [0.05, 0.1) is 24.2 Å². The molecule has 0 radical (unpaired) electrons. The number of methoxy groups -OCH3 is 1. The predicted molar refractivity (Wildman–Crippen MR) is 124 cm³/mol. The molecule has 1 heterocycles. The van der Waals surface area contributed by atoms with E-state index in [1.807, 2.05) is 11.5 Å². The highest BCUT2D eigenvalue weighted by Gasteiger charge is 2.14. The molecule has 0 fully saturated rings. The Hall–Kier alpha value is -2.78. The molecule has 0 aliphatic heterocycles. The Morgan fingerprint density at radius 2 is 1.87 bits per heavy atom. The van der Waals surface area contributed by atoms with Gasteiger partial charge in [0.15, 0.2) is 5.16 Å². The van der Waals surface area contributed by atoms with E-state index in [9.17, 15) is 9.59 Å². The van der Waals surface area contributed by atoms with Crippen LogP contribution in [0.4, 0.5) is 5.69 Å². The molecule has 0 aliphatic rings. The molecule has 0 unspecified atom stereocenters. The van der Waals surface area contributed by atoms with Gasteiger partial charge in [0.2, 0.25) is 5.91 Å². The number of carbonyl (C=O) groups is 2. The summed E-state index contributed by atoms with van der Waals surface area (Å²) in [7, 11) is 1.32. The number of esters is 1. The van der Waals surface area contributed by atoms with Crippen LogP contribution >= 0.6 is 23.5 Å². The van der Waals surface area contributed by atoms with E-state index in [2.05, 4.69) is 46.7 Å². The minimum atomic E-state index is -0.447. The van der Waals surface area contributed by atoms with Crippen LogP contribution in [-0.4, -0.2) is 39.5 Å². The minimum Gasteiger partial charge on any atom is -0.465 e. The number of ether oxygens (including phenoxy) is 1. The Morgan fingerprint density at radius 3 is 2.58 bits per heavy atom. The molecule has 0 saturated heterocycles. The number of hydrogen-bond donors (Lipinski definition) is 1. The maximum Gasteiger partial charge on any atom is 0.337 e. The summed E-state index contributed by atoms with van der Waals surface area (Å²) in [4.78, 5) is 25.2. The molecule has 1 N–H and O–H groups in total. The summed E-state index contributed by atoms with van der Waals surface area (Å²) < 4.78 is 6.73. The lowest BCUT2D eigenvalue weighted by molar-refractivity contribution is -0.113. The van der Waals surface area contributed by atoms with Crippen LogP contribution in [-0.2, 0) is 21.8 Å². The van der Waals surface area contributed by atoms with Crippen LogP contribution in [0.2, 0.25) is 0 Å². The van der Waals surface area contributed by atoms with Crippen molar-refractivity contribution in [3.8, 4) is 0 Å². The number of hydrogen-bond acceptors (Lipinski definition) is 7. The summed E-state index contributed by atoms with van der Waals surface area (Å²) in [5, 5.41) is 12.1. The number of carbonyl (C=O) groups excluding carboxylic acids is 2. The van der Waals surface area contributed by atoms with E-state index in [1.165, 1.54) is 29.3 Å². The highest BCUT2D eigenvalue weighted by molar-refractivity contribution is 7.99. The number of aromatic nitrogens is 3. The van der Waals surface area contributed by atoms with Gasteiger partial charge < -0.3 is 14.6 Å². The number of nitrogens with one attached hydrogen (secondary N) is 1.